The number of anilines is 1. The number of nitrogens with zero attached hydrogens (tertiary/aromatic N) is 3. The Balaban J connectivity index is 0.00000261. The van der Waals surface area contributed by atoms with E-state index >= 15 is 0 Å². The molecule has 2 heterocycles. The van der Waals surface area contributed by atoms with Crippen molar-refractivity contribution in [2.45, 2.75) is 23.8 Å². The van der Waals surface area contributed by atoms with Gasteiger partial charge in [0.2, 0.25) is 5.91 Å². The van der Waals surface area contributed by atoms with Crippen molar-refractivity contribution in [2.24, 2.45) is 0 Å². The summed E-state index contributed by atoms with van der Waals surface area (Å²) in [4.78, 5) is 26.8. The van der Waals surface area contributed by atoms with Crippen LogP contribution in [0.15, 0.2) is 23.1 Å². The molecule has 0 aliphatic carbocycles. The molecular weight excluding hydrogens is 396 g/mol. The summed E-state index contributed by atoms with van der Waals surface area (Å²) in [6.45, 7) is 2.77. The topological polar surface area (TPSA) is 113 Å². The third-order valence-electron chi connectivity index (χ3n) is 4.86. The average Bonchev–Trinajstić information content (AvgIpc) is 3.14. The zero-order valence-corrected chi connectivity index (χ0v) is 16.6. The van der Waals surface area contributed by atoms with Gasteiger partial charge < -0.3 is 15.1 Å². The summed E-state index contributed by atoms with van der Waals surface area (Å²) >= 11 is 0. The van der Waals surface area contributed by atoms with E-state index in [4.69, 9.17) is 0 Å². The molecule has 9 nitrogen and oxygen atoms in total. The summed E-state index contributed by atoms with van der Waals surface area (Å²) in [6, 6.07) is 3.84. The molecule has 0 radical (unpaired) electrons. The molecule has 1 aromatic carbocycles. The van der Waals surface area contributed by atoms with Crippen LogP contribution in [0.1, 0.15) is 12.8 Å². The van der Waals surface area contributed by atoms with Crippen LogP contribution in [0.4, 0.5) is 11.4 Å². The summed E-state index contributed by atoms with van der Waals surface area (Å²) in [5, 5.41) is 14.6. The lowest BCUT2D eigenvalue weighted by Gasteiger charge is -2.36. The van der Waals surface area contributed by atoms with Crippen molar-refractivity contribution in [2.75, 3.05) is 43.9 Å². The number of carbonyl (C=O) groups is 1. The molecule has 2 saturated heterocycles. The van der Waals surface area contributed by atoms with Crippen LogP contribution in [-0.2, 0) is 14.6 Å². The van der Waals surface area contributed by atoms with Gasteiger partial charge in [0.15, 0.2) is 9.84 Å². The summed E-state index contributed by atoms with van der Waals surface area (Å²) in [5.74, 6) is 0.0871. The first-order valence-corrected chi connectivity index (χ1v) is 10.4. The van der Waals surface area contributed by atoms with E-state index in [0.717, 1.165) is 31.7 Å². The molecular formula is C16H23ClN4O5S. The maximum Gasteiger partial charge on any atom is 0.293 e. The van der Waals surface area contributed by atoms with Crippen molar-refractivity contribution < 1.29 is 18.1 Å². The Hall–Kier alpha value is -1.91. The van der Waals surface area contributed by atoms with Gasteiger partial charge in [-0.05, 0) is 31.5 Å². The average molecular weight is 419 g/mol. The molecule has 1 aromatic rings. The van der Waals surface area contributed by atoms with E-state index in [9.17, 15) is 23.3 Å². The monoisotopic (exact) mass is 418 g/mol. The molecule has 11 heteroatoms. The standard InChI is InChI=1S/C16H22N4O5S.ClH/c1-26(24,25)12-4-5-14(15(11-12)20(22)23)18-7-9-19(10-8-18)16(21)13-3-2-6-17-13;/h4-5,11,13,17H,2-3,6-10H2,1H3;1H. The highest BCUT2D eigenvalue weighted by Crippen LogP contribution is 2.31. The highest BCUT2D eigenvalue weighted by molar-refractivity contribution is 7.90. The number of amides is 1. The van der Waals surface area contributed by atoms with Crippen molar-refractivity contribution in [3.8, 4) is 0 Å². The Labute approximate surface area is 164 Å². The Morgan fingerprint density at radius 1 is 1.26 bits per heavy atom. The van der Waals surface area contributed by atoms with Crippen LogP contribution in [0.5, 0.6) is 0 Å². The van der Waals surface area contributed by atoms with Gasteiger partial charge in [0, 0.05) is 38.5 Å². The van der Waals surface area contributed by atoms with E-state index in [1.165, 1.54) is 12.1 Å². The molecule has 3 rings (SSSR count). The van der Waals surface area contributed by atoms with Gasteiger partial charge in [0.1, 0.15) is 5.69 Å². The maximum atomic E-state index is 12.4. The number of hydrogen-bond acceptors (Lipinski definition) is 7. The lowest BCUT2D eigenvalue weighted by molar-refractivity contribution is -0.384. The number of piperazine rings is 1. The molecule has 2 fully saturated rings. The minimum absolute atomic E-state index is 0. The molecule has 0 bridgehead atoms. The van der Waals surface area contributed by atoms with Crippen molar-refractivity contribution in [1.82, 2.24) is 10.2 Å². The molecule has 1 atom stereocenters. The van der Waals surface area contributed by atoms with E-state index < -0.39 is 14.8 Å². The molecule has 0 saturated carbocycles. The number of halogens is 1. The van der Waals surface area contributed by atoms with Crippen LogP contribution in [0.25, 0.3) is 0 Å². The molecule has 2 aliphatic heterocycles. The molecule has 1 amide bonds. The zero-order chi connectivity index (χ0) is 18.9. The number of carbonyl (C=O) groups excluding carboxylic acids is 1. The number of rotatable bonds is 4. The van der Waals surface area contributed by atoms with E-state index in [-0.39, 0.29) is 34.9 Å². The van der Waals surface area contributed by atoms with Crippen molar-refractivity contribution in [3.63, 3.8) is 0 Å². The molecule has 1 unspecified atom stereocenters. The molecule has 2 aliphatic rings. The number of benzene rings is 1. The lowest BCUT2D eigenvalue weighted by Crippen LogP contribution is -2.53. The quantitative estimate of drug-likeness (QED) is 0.568. The predicted molar refractivity (Wildman–Crippen MR) is 103 cm³/mol. The van der Waals surface area contributed by atoms with E-state index in [0.29, 0.717) is 31.9 Å². The summed E-state index contributed by atoms with van der Waals surface area (Å²) in [6.07, 6.45) is 2.86. The van der Waals surface area contributed by atoms with Crippen molar-refractivity contribution >= 4 is 39.5 Å². The Kier molecular flexibility index (Phi) is 6.66. The lowest BCUT2D eigenvalue weighted by atomic mass is 10.1. The molecule has 1 N–H and O–H groups in total. The van der Waals surface area contributed by atoms with Gasteiger partial charge in [-0.15, -0.1) is 12.4 Å². The van der Waals surface area contributed by atoms with Crippen LogP contribution >= 0.6 is 12.4 Å². The fraction of sp³-hybridized carbons (Fsp3) is 0.562. The first kappa shape index (κ1) is 21.4. The maximum absolute atomic E-state index is 12.4. The zero-order valence-electron chi connectivity index (χ0n) is 15.0. The first-order valence-electron chi connectivity index (χ1n) is 8.53. The number of hydrogen-bond donors (Lipinski definition) is 1. The molecule has 150 valence electrons. The third-order valence-corrected chi connectivity index (χ3v) is 5.97. The van der Waals surface area contributed by atoms with Crippen LogP contribution < -0.4 is 10.2 Å². The summed E-state index contributed by atoms with van der Waals surface area (Å²) in [7, 11) is -3.52. The number of nitrogens with one attached hydrogen (secondary N) is 1. The minimum Gasteiger partial charge on any atom is -0.362 e. The van der Waals surface area contributed by atoms with Crippen LogP contribution in [-0.4, -0.2) is 69.2 Å². The molecule has 27 heavy (non-hydrogen) atoms. The summed E-state index contributed by atoms with van der Waals surface area (Å²) in [5.41, 5.74) is 0.152. The fourth-order valence-corrected chi connectivity index (χ4v) is 4.07. The van der Waals surface area contributed by atoms with Crippen LogP contribution in [0, 0.1) is 10.1 Å². The first-order chi connectivity index (χ1) is 12.3. The SMILES string of the molecule is CS(=O)(=O)c1ccc(N2CCN(C(=O)C3CCCN3)CC2)c([N+](=O)[O-])c1.Cl. The third kappa shape index (κ3) is 4.69. The van der Waals surface area contributed by atoms with Gasteiger partial charge in [-0.25, -0.2) is 8.42 Å². The smallest absolute Gasteiger partial charge is 0.293 e. The molecule has 0 aromatic heterocycles. The molecule has 0 spiro atoms. The number of sulfone groups is 1. The summed E-state index contributed by atoms with van der Waals surface area (Å²) < 4.78 is 23.3. The van der Waals surface area contributed by atoms with Gasteiger partial charge in [-0.1, -0.05) is 0 Å². The van der Waals surface area contributed by atoms with Crippen molar-refractivity contribution in [3.05, 3.63) is 28.3 Å². The number of nitro groups is 1. The van der Waals surface area contributed by atoms with Crippen LogP contribution in [0.3, 0.4) is 0 Å². The van der Waals surface area contributed by atoms with E-state index in [2.05, 4.69) is 5.32 Å². The Bertz CT molecular complexity index is 818. The minimum atomic E-state index is -3.52. The van der Waals surface area contributed by atoms with Gasteiger partial charge in [-0.2, -0.15) is 0 Å². The number of nitro benzene ring substituents is 1. The predicted octanol–water partition coefficient (Wildman–Crippen LogP) is 0.821. The van der Waals surface area contributed by atoms with E-state index in [1.54, 1.807) is 4.90 Å². The van der Waals surface area contributed by atoms with Crippen molar-refractivity contribution in [1.29, 1.82) is 0 Å². The second-order valence-corrected chi connectivity index (χ2v) is 8.66. The van der Waals surface area contributed by atoms with Gasteiger partial charge in [-0.3, -0.25) is 14.9 Å². The van der Waals surface area contributed by atoms with Gasteiger partial charge in [0.25, 0.3) is 5.69 Å². The second kappa shape index (κ2) is 8.41. The largest absolute Gasteiger partial charge is 0.362 e. The van der Waals surface area contributed by atoms with Crippen LogP contribution in [0.2, 0.25) is 0 Å². The van der Waals surface area contributed by atoms with Gasteiger partial charge >= 0.3 is 0 Å². The Morgan fingerprint density at radius 3 is 2.44 bits per heavy atom. The normalized spacial score (nSPS) is 20.3. The van der Waals surface area contributed by atoms with Gasteiger partial charge in [0.05, 0.1) is 15.9 Å². The van der Waals surface area contributed by atoms with E-state index in [1.807, 2.05) is 4.90 Å². The Morgan fingerprint density at radius 2 is 1.93 bits per heavy atom. The fourth-order valence-electron chi connectivity index (χ4n) is 3.43. The second-order valence-electron chi connectivity index (χ2n) is 6.64. The highest BCUT2D eigenvalue weighted by Gasteiger charge is 2.31. The highest BCUT2D eigenvalue weighted by atomic mass is 35.5.